The molecule has 2 heterocycles. The van der Waals surface area contributed by atoms with Gasteiger partial charge in [-0.15, -0.1) is 0 Å². The first-order chi connectivity index (χ1) is 9.22. The highest BCUT2D eigenvalue weighted by Gasteiger charge is 2.21. The fourth-order valence-electron chi connectivity index (χ4n) is 3.09. The van der Waals surface area contributed by atoms with E-state index in [1.165, 1.54) is 5.56 Å². The van der Waals surface area contributed by atoms with Crippen LogP contribution in [0.3, 0.4) is 0 Å². The molecule has 19 heavy (non-hydrogen) atoms. The minimum Gasteiger partial charge on any atom is -0.370 e. The van der Waals surface area contributed by atoms with Gasteiger partial charge < -0.3 is 15.5 Å². The van der Waals surface area contributed by atoms with E-state index < -0.39 is 0 Å². The molecule has 1 aromatic carbocycles. The third-order valence-corrected chi connectivity index (χ3v) is 4.36. The van der Waals surface area contributed by atoms with Gasteiger partial charge in [0.25, 0.3) is 0 Å². The first-order valence-corrected chi connectivity index (χ1v) is 7.24. The van der Waals surface area contributed by atoms with Gasteiger partial charge in [-0.05, 0) is 50.0 Å². The third-order valence-electron chi connectivity index (χ3n) is 4.36. The van der Waals surface area contributed by atoms with Crippen molar-refractivity contribution in [3.05, 3.63) is 29.6 Å². The van der Waals surface area contributed by atoms with Gasteiger partial charge in [0.1, 0.15) is 5.82 Å². The van der Waals surface area contributed by atoms with Crippen LogP contribution in [0.1, 0.15) is 18.4 Å². The molecule has 4 heteroatoms. The number of fused-ring (bicyclic) bond motifs is 1. The van der Waals surface area contributed by atoms with E-state index in [1.807, 2.05) is 6.07 Å². The Labute approximate surface area is 114 Å². The number of benzene rings is 1. The predicted octanol–water partition coefficient (Wildman–Crippen LogP) is 1.61. The molecule has 0 spiro atoms. The topological polar surface area (TPSA) is 32.5 Å². The van der Waals surface area contributed by atoms with Crippen LogP contribution < -0.4 is 10.6 Å². The molecule has 2 aliphatic heterocycles. The van der Waals surface area contributed by atoms with Crippen LogP contribution >= 0.6 is 0 Å². The number of piperidine rings is 1. The Morgan fingerprint density at radius 2 is 1.95 bits per heavy atom. The monoisotopic (exact) mass is 263 g/mol. The summed E-state index contributed by atoms with van der Waals surface area (Å²) in [5, 5.41) is 0. The summed E-state index contributed by atoms with van der Waals surface area (Å²) in [4.78, 5) is 4.79. The van der Waals surface area contributed by atoms with Crippen LogP contribution in [0.25, 0.3) is 0 Å². The van der Waals surface area contributed by atoms with Crippen LogP contribution in [0.4, 0.5) is 10.1 Å². The van der Waals surface area contributed by atoms with E-state index >= 15 is 0 Å². The maximum absolute atomic E-state index is 13.3. The highest BCUT2D eigenvalue weighted by Crippen LogP contribution is 2.28. The van der Waals surface area contributed by atoms with Crippen LogP contribution in [0, 0.1) is 5.82 Å². The molecule has 0 aliphatic carbocycles. The van der Waals surface area contributed by atoms with Crippen molar-refractivity contribution in [2.24, 2.45) is 5.73 Å². The number of anilines is 1. The number of hydrogen-bond acceptors (Lipinski definition) is 3. The van der Waals surface area contributed by atoms with Gasteiger partial charge >= 0.3 is 0 Å². The lowest BCUT2D eigenvalue weighted by Gasteiger charge is -2.31. The second kappa shape index (κ2) is 5.47. The van der Waals surface area contributed by atoms with Gasteiger partial charge in [-0.3, -0.25) is 0 Å². The zero-order valence-electron chi connectivity index (χ0n) is 11.3. The first kappa shape index (κ1) is 12.9. The van der Waals surface area contributed by atoms with Crippen LogP contribution in [0.15, 0.2) is 18.2 Å². The molecule has 1 fully saturated rings. The summed E-state index contributed by atoms with van der Waals surface area (Å²) < 4.78 is 13.3. The van der Waals surface area contributed by atoms with E-state index in [2.05, 4.69) is 9.80 Å². The Kier molecular flexibility index (Phi) is 3.71. The molecular formula is C15H22FN3. The summed E-state index contributed by atoms with van der Waals surface area (Å²) in [5.41, 5.74) is 8.29. The summed E-state index contributed by atoms with van der Waals surface area (Å²) in [7, 11) is 0. The van der Waals surface area contributed by atoms with Crippen molar-refractivity contribution in [3.63, 3.8) is 0 Å². The average Bonchev–Trinajstić information content (AvgIpc) is 2.80. The minimum atomic E-state index is -0.130. The highest BCUT2D eigenvalue weighted by molar-refractivity contribution is 5.58. The second-order valence-corrected chi connectivity index (χ2v) is 5.69. The molecule has 0 bridgehead atoms. The lowest BCUT2D eigenvalue weighted by Crippen LogP contribution is -2.43. The molecule has 2 N–H and O–H groups in total. The number of likely N-dealkylation sites (tertiary alicyclic amines) is 1. The van der Waals surface area contributed by atoms with Crippen molar-refractivity contribution in [1.82, 2.24) is 4.90 Å². The number of nitrogens with two attached hydrogens (primary N) is 1. The zero-order chi connectivity index (χ0) is 13.2. The molecule has 0 saturated carbocycles. The van der Waals surface area contributed by atoms with Gasteiger partial charge in [0.15, 0.2) is 0 Å². The van der Waals surface area contributed by atoms with E-state index in [-0.39, 0.29) is 5.82 Å². The largest absolute Gasteiger partial charge is 0.370 e. The van der Waals surface area contributed by atoms with Gasteiger partial charge in [-0.2, -0.15) is 0 Å². The molecule has 0 aromatic heterocycles. The molecule has 0 unspecified atom stereocenters. The number of halogens is 1. The fourth-order valence-corrected chi connectivity index (χ4v) is 3.09. The minimum absolute atomic E-state index is 0.130. The molecular weight excluding hydrogens is 241 g/mol. The summed E-state index contributed by atoms with van der Waals surface area (Å²) in [6.45, 7) is 5.27. The van der Waals surface area contributed by atoms with E-state index in [4.69, 9.17) is 5.73 Å². The third kappa shape index (κ3) is 2.90. The quantitative estimate of drug-likeness (QED) is 0.899. The van der Waals surface area contributed by atoms with Gasteiger partial charge in [0, 0.05) is 31.4 Å². The SMILES string of the molecule is NC1CCN(CCN2CCc3ccc(F)cc32)CC1. The molecule has 2 aliphatic rings. The van der Waals surface area contributed by atoms with Gasteiger partial charge in [-0.1, -0.05) is 6.07 Å². The number of rotatable bonds is 3. The van der Waals surface area contributed by atoms with Crippen LogP contribution in [0.5, 0.6) is 0 Å². The predicted molar refractivity (Wildman–Crippen MR) is 76.0 cm³/mol. The Morgan fingerprint density at radius 3 is 2.74 bits per heavy atom. The van der Waals surface area contributed by atoms with Crippen molar-refractivity contribution in [1.29, 1.82) is 0 Å². The standard InChI is InChI=1S/C15H22FN3/c16-13-2-1-12-3-8-19(15(12)11-13)10-9-18-6-4-14(17)5-7-18/h1-2,11,14H,3-10,17H2. The maximum Gasteiger partial charge on any atom is 0.125 e. The number of hydrogen-bond donors (Lipinski definition) is 1. The van der Waals surface area contributed by atoms with Crippen molar-refractivity contribution in [2.45, 2.75) is 25.3 Å². The van der Waals surface area contributed by atoms with E-state index in [1.54, 1.807) is 12.1 Å². The Bertz CT molecular complexity index is 441. The highest BCUT2D eigenvalue weighted by atomic mass is 19.1. The summed E-state index contributed by atoms with van der Waals surface area (Å²) in [6, 6.07) is 5.55. The van der Waals surface area contributed by atoms with Crippen molar-refractivity contribution in [2.75, 3.05) is 37.6 Å². The van der Waals surface area contributed by atoms with Crippen molar-refractivity contribution in [3.8, 4) is 0 Å². The lowest BCUT2D eigenvalue weighted by atomic mass is 10.1. The molecule has 0 atom stereocenters. The van der Waals surface area contributed by atoms with Crippen molar-refractivity contribution < 1.29 is 4.39 Å². The van der Waals surface area contributed by atoms with Gasteiger partial charge in [0.2, 0.25) is 0 Å². The van der Waals surface area contributed by atoms with E-state index in [9.17, 15) is 4.39 Å². The second-order valence-electron chi connectivity index (χ2n) is 5.69. The molecule has 104 valence electrons. The zero-order valence-corrected chi connectivity index (χ0v) is 11.3. The van der Waals surface area contributed by atoms with Gasteiger partial charge in [0.05, 0.1) is 0 Å². The molecule has 0 radical (unpaired) electrons. The summed E-state index contributed by atoms with van der Waals surface area (Å²) in [6.07, 6.45) is 3.25. The van der Waals surface area contributed by atoms with E-state index in [0.717, 1.165) is 57.7 Å². The van der Waals surface area contributed by atoms with Crippen LogP contribution in [0.2, 0.25) is 0 Å². The Morgan fingerprint density at radius 1 is 1.16 bits per heavy atom. The normalized spacial score (nSPS) is 20.8. The van der Waals surface area contributed by atoms with Gasteiger partial charge in [-0.25, -0.2) is 4.39 Å². The molecule has 3 rings (SSSR count). The average molecular weight is 263 g/mol. The van der Waals surface area contributed by atoms with Crippen LogP contribution in [-0.4, -0.2) is 43.7 Å². The lowest BCUT2D eigenvalue weighted by molar-refractivity contribution is 0.217. The fraction of sp³-hybridized carbons (Fsp3) is 0.600. The maximum atomic E-state index is 13.3. The first-order valence-electron chi connectivity index (χ1n) is 7.24. The Hall–Kier alpha value is -1.13. The molecule has 1 saturated heterocycles. The molecule has 3 nitrogen and oxygen atoms in total. The van der Waals surface area contributed by atoms with E-state index in [0.29, 0.717) is 6.04 Å². The summed E-state index contributed by atoms with van der Waals surface area (Å²) in [5.74, 6) is -0.130. The number of nitrogens with zero attached hydrogens (tertiary/aromatic N) is 2. The smallest absolute Gasteiger partial charge is 0.125 e. The van der Waals surface area contributed by atoms with Crippen molar-refractivity contribution >= 4 is 5.69 Å². The molecule has 0 amide bonds. The van der Waals surface area contributed by atoms with Crippen LogP contribution in [-0.2, 0) is 6.42 Å². The Balaban J connectivity index is 1.56. The summed E-state index contributed by atoms with van der Waals surface area (Å²) >= 11 is 0. The molecule has 1 aromatic rings.